The van der Waals surface area contributed by atoms with Crippen molar-refractivity contribution in [3.8, 4) is 23.1 Å². The fourth-order valence-corrected chi connectivity index (χ4v) is 4.85. The zero-order valence-corrected chi connectivity index (χ0v) is 22.9. The van der Waals surface area contributed by atoms with Crippen LogP contribution in [0.5, 0.6) is 23.1 Å². The van der Waals surface area contributed by atoms with Gasteiger partial charge in [-0.25, -0.2) is 14.8 Å². The second-order valence-corrected chi connectivity index (χ2v) is 9.69. The van der Waals surface area contributed by atoms with E-state index in [-0.39, 0.29) is 29.0 Å². The molecular formula is C29H30N6O6. The number of amides is 2. The van der Waals surface area contributed by atoms with Crippen molar-refractivity contribution < 1.29 is 23.9 Å². The van der Waals surface area contributed by atoms with Crippen LogP contribution in [0.4, 0.5) is 16.2 Å². The average Bonchev–Trinajstić information content (AvgIpc) is 3.40. The van der Waals surface area contributed by atoms with Crippen molar-refractivity contribution in [2.75, 3.05) is 32.6 Å². The van der Waals surface area contributed by atoms with Gasteiger partial charge in [0.2, 0.25) is 5.88 Å². The molecular weight excluding hydrogens is 528 g/mol. The molecule has 0 aliphatic carbocycles. The number of nitrogens with zero attached hydrogens (tertiary/aromatic N) is 4. The molecule has 5 rings (SSSR count). The Bertz CT molecular complexity index is 1600. The normalized spacial score (nSPS) is 15.0. The molecule has 1 aromatic heterocycles. The Morgan fingerprint density at radius 1 is 1.10 bits per heavy atom. The monoisotopic (exact) mass is 558 g/mol. The molecule has 0 saturated carbocycles. The number of nitrogens with one attached hydrogen (secondary N) is 2. The maximum atomic E-state index is 12.8. The predicted molar refractivity (Wildman–Crippen MR) is 153 cm³/mol. The molecule has 41 heavy (non-hydrogen) atoms. The SMILES string of the molecule is COc1cc2ncnc(Oc3ccc(NC(=O)NC4CCN(Cc5ccccc5C)C4)c([N+](=O)[O-])c3)c2cc1OC. The van der Waals surface area contributed by atoms with Crippen molar-refractivity contribution in [1.82, 2.24) is 20.2 Å². The Labute approximate surface area is 236 Å². The number of hydrogen-bond acceptors (Lipinski definition) is 9. The summed E-state index contributed by atoms with van der Waals surface area (Å²) in [4.78, 5) is 34.8. The van der Waals surface area contributed by atoms with Crippen LogP contribution in [-0.2, 0) is 6.54 Å². The van der Waals surface area contributed by atoms with Crippen LogP contribution in [0.2, 0.25) is 0 Å². The van der Waals surface area contributed by atoms with Crippen LogP contribution in [0.15, 0.2) is 60.9 Å². The summed E-state index contributed by atoms with van der Waals surface area (Å²) in [5.41, 5.74) is 2.76. The number of nitro benzene ring substituents is 1. The topological polar surface area (TPSA) is 141 Å². The summed E-state index contributed by atoms with van der Waals surface area (Å²) in [6.45, 7) is 4.44. The van der Waals surface area contributed by atoms with Gasteiger partial charge in [-0.2, -0.15) is 0 Å². The van der Waals surface area contributed by atoms with Gasteiger partial charge in [-0.1, -0.05) is 24.3 Å². The summed E-state index contributed by atoms with van der Waals surface area (Å²) in [5.74, 6) is 1.29. The van der Waals surface area contributed by atoms with Crippen LogP contribution >= 0.6 is 0 Å². The minimum absolute atomic E-state index is 0.0496. The van der Waals surface area contributed by atoms with E-state index >= 15 is 0 Å². The average molecular weight is 559 g/mol. The standard InChI is InChI=1S/C29H30N6O6/c1-18-6-4-5-7-19(18)15-34-11-10-20(16-34)32-29(36)33-23-9-8-21(12-25(23)35(37)38)41-28-22-13-26(39-2)27(40-3)14-24(22)30-17-31-28/h4-9,12-14,17,20H,10-11,15-16H2,1-3H3,(H2,32,33,36). The summed E-state index contributed by atoms with van der Waals surface area (Å²) < 4.78 is 16.6. The van der Waals surface area contributed by atoms with Crippen LogP contribution in [0.3, 0.4) is 0 Å². The number of likely N-dealkylation sites (tertiary alicyclic amines) is 1. The van der Waals surface area contributed by atoms with Gasteiger partial charge >= 0.3 is 6.03 Å². The van der Waals surface area contributed by atoms with Gasteiger partial charge in [0.25, 0.3) is 5.69 Å². The zero-order valence-electron chi connectivity index (χ0n) is 22.9. The summed E-state index contributed by atoms with van der Waals surface area (Å²) in [6.07, 6.45) is 2.11. The third-order valence-electron chi connectivity index (χ3n) is 7.00. The molecule has 4 aromatic rings. The number of aromatic nitrogens is 2. The van der Waals surface area contributed by atoms with Crippen LogP contribution in [0, 0.1) is 17.0 Å². The number of anilines is 1. The minimum Gasteiger partial charge on any atom is -0.493 e. The van der Waals surface area contributed by atoms with E-state index in [1.54, 1.807) is 12.1 Å². The highest BCUT2D eigenvalue weighted by molar-refractivity contribution is 5.92. The third kappa shape index (κ3) is 6.28. The molecule has 0 bridgehead atoms. The lowest BCUT2D eigenvalue weighted by molar-refractivity contribution is -0.384. The van der Waals surface area contributed by atoms with Crippen molar-refractivity contribution in [3.63, 3.8) is 0 Å². The Balaban J connectivity index is 1.26. The molecule has 12 heteroatoms. The molecule has 2 N–H and O–H groups in total. The van der Waals surface area contributed by atoms with Crippen molar-refractivity contribution in [3.05, 3.63) is 82.2 Å². The van der Waals surface area contributed by atoms with Crippen molar-refractivity contribution in [2.45, 2.75) is 25.9 Å². The highest BCUT2D eigenvalue weighted by Crippen LogP contribution is 2.37. The van der Waals surface area contributed by atoms with E-state index in [0.717, 1.165) is 19.5 Å². The van der Waals surface area contributed by atoms with Crippen LogP contribution in [0.25, 0.3) is 10.9 Å². The smallest absolute Gasteiger partial charge is 0.319 e. The van der Waals surface area contributed by atoms with Gasteiger partial charge in [-0.15, -0.1) is 0 Å². The number of carbonyl (C=O) groups excluding carboxylic acids is 1. The van der Waals surface area contributed by atoms with Crippen molar-refractivity contribution in [2.24, 2.45) is 0 Å². The number of aryl methyl sites for hydroxylation is 1. The maximum absolute atomic E-state index is 12.8. The van der Waals surface area contributed by atoms with E-state index in [2.05, 4.69) is 44.6 Å². The maximum Gasteiger partial charge on any atom is 0.319 e. The summed E-state index contributed by atoms with van der Waals surface area (Å²) in [6, 6.07) is 15.2. The lowest BCUT2D eigenvalue weighted by Crippen LogP contribution is -2.39. The number of carbonyl (C=O) groups is 1. The first-order valence-electron chi connectivity index (χ1n) is 13.0. The first-order valence-corrected chi connectivity index (χ1v) is 13.0. The molecule has 3 aromatic carbocycles. The van der Waals surface area contributed by atoms with E-state index in [1.807, 2.05) is 12.1 Å². The van der Waals surface area contributed by atoms with Gasteiger partial charge in [0.05, 0.1) is 36.1 Å². The molecule has 212 valence electrons. The van der Waals surface area contributed by atoms with Crippen LogP contribution in [0.1, 0.15) is 17.5 Å². The molecule has 0 radical (unpaired) electrons. The van der Waals surface area contributed by atoms with Gasteiger partial charge in [0.1, 0.15) is 17.8 Å². The molecule has 1 saturated heterocycles. The highest BCUT2D eigenvalue weighted by atomic mass is 16.6. The molecule has 0 spiro atoms. The van der Waals surface area contributed by atoms with Crippen molar-refractivity contribution in [1.29, 1.82) is 0 Å². The third-order valence-corrected chi connectivity index (χ3v) is 7.00. The fraction of sp³-hybridized carbons (Fsp3) is 0.276. The first kappa shape index (κ1) is 27.6. The number of benzene rings is 3. The molecule has 1 unspecified atom stereocenters. The van der Waals surface area contributed by atoms with Gasteiger partial charge in [-0.05, 0) is 42.7 Å². The Morgan fingerprint density at radius 2 is 1.88 bits per heavy atom. The minimum atomic E-state index is -0.575. The molecule has 12 nitrogen and oxygen atoms in total. The van der Waals surface area contributed by atoms with E-state index in [0.29, 0.717) is 28.9 Å². The lowest BCUT2D eigenvalue weighted by atomic mass is 10.1. The second-order valence-electron chi connectivity index (χ2n) is 9.69. The largest absolute Gasteiger partial charge is 0.493 e. The predicted octanol–water partition coefficient (Wildman–Crippen LogP) is 5.05. The van der Waals surface area contributed by atoms with Crippen molar-refractivity contribution >= 4 is 28.3 Å². The van der Waals surface area contributed by atoms with E-state index in [9.17, 15) is 14.9 Å². The Morgan fingerprint density at radius 3 is 2.63 bits per heavy atom. The lowest BCUT2D eigenvalue weighted by Gasteiger charge is -2.18. The zero-order chi connectivity index (χ0) is 28.9. The number of hydrogen-bond donors (Lipinski definition) is 2. The van der Waals surface area contributed by atoms with Gasteiger partial charge in [0, 0.05) is 31.7 Å². The summed E-state index contributed by atoms with van der Waals surface area (Å²) >= 11 is 0. The molecule has 2 amide bonds. The molecule has 1 atom stereocenters. The number of fused-ring (bicyclic) bond motifs is 1. The van der Waals surface area contributed by atoms with E-state index < -0.39 is 11.0 Å². The number of nitro groups is 1. The van der Waals surface area contributed by atoms with E-state index in [1.165, 1.54) is 49.9 Å². The first-order chi connectivity index (χ1) is 19.8. The number of rotatable bonds is 9. The van der Waals surface area contributed by atoms with Crippen LogP contribution < -0.4 is 24.8 Å². The number of urea groups is 1. The quantitative estimate of drug-likeness (QED) is 0.213. The molecule has 2 heterocycles. The summed E-state index contributed by atoms with van der Waals surface area (Å²) in [5, 5.41) is 18.0. The molecule has 1 aliphatic heterocycles. The van der Waals surface area contributed by atoms with Gasteiger partial charge < -0.3 is 24.8 Å². The fourth-order valence-electron chi connectivity index (χ4n) is 4.85. The molecule has 1 fully saturated rings. The Kier molecular flexibility index (Phi) is 8.11. The highest BCUT2D eigenvalue weighted by Gasteiger charge is 2.25. The number of ether oxygens (including phenoxy) is 3. The number of methoxy groups -OCH3 is 2. The Hall–Kier alpha value is -4.97. The van der Waals surface area contributed by atoms with Crippen LogP contribution in [-0.4, -0.2) is 59.2 Å². The van der Waals surface area contributed by atoms with Gasteiger partial charge in [0.15, 0.2) is 11.5 Å². The second kappa shape index (κ2) is 12.0. The molecule has 1 aliphatic rings. The van der Waals surface area contributed by atoms with E-state index in [4.69, 9.17) is 14.2 Å². The summed E-state index contributed by atoms with van der Waals surface area (Å²) in [7, 11) is 3.03. The van der Waals surface area contributed by atoms with Gasteiger partial charge in [-0.3, -0.25) is 15.0 Å².